The lowest BCUT2D eigenvalue weighted by molar-refractivity contribution is 0.413. The Labute approximate surface area is 138 Å². The van der Waals surface area contributed by atoms with Gasteiger partial charge in [-0.05, 0) is 30.5 Å². The fourth-order valence-electron chi connectivity index (χ4n) is 2.84. The van der Waals surface area contributed by atoms with Gasteiger partial charge in [0, 0.05) is 35.3 Å². The van der Waals surface area contributed by atoms with E-state index in [1.165, 1.54) is 0 Å². The lowest BCUT2D eigenvalue weighted by Gasteiger charge is -2.09. The van der Waals surface area contributed by atoms with Crippen LogP contribution in [-0.4, -0.2) is 27.0 Å². The van der Waals surface area contributed by atoms with E-state index >= 15 is 0 Å². The second kappa shape index (κ2) is 6.16. The number of aryl methyl sites for hydroxylation is 2. The first kappa shape index (κ1) is 14.4. The number of fused-ring (bicyclic) bond motifs is 1. The van der Waals surface area contributed by atoms with Gasteiger partial charge in [0.15, 0.2) is 5.65 Å². The van der Waals surface area contributed by atoms with Crippen LogP contribution in [0.2, 0.25) is 0 Å². The second-order valence-electron chi connectivity index (χ2n) is 5.45. The van der Waals surface area contributed by atoms with Gasteiger partial charge in [-0.25, -0.2) is 9.97 Å². The molecule has 0 aliphatic heterocycles. The number of methoxy groups -OCH3 is 1. The van der Waals surface area contributed by atoms with Crippen LogP contribution in [0.3, 0.4) is 0 Å². The van der Waals surface area contributed by atoms with Gasteiger partial charge in [-0.1, -0.05) is 0 Å². The molecule has 4 rings (SSSR count). The molecule has 0 fully saturated rings. The highest BCUT2D eigenvalue weighted by molar-refractivity contribution is 5.83. The number of hydrogen-bond acceptors (Lipinski definition) is 5. The van der Waals surface area contributed by atoms with Crippen molar-refractivity contribution >= 4 is 11.2 Å². The van der Waals surface area contributed by atoms with Crippen molar-refractivity contribution < 1.29 is 9.15 Å². The van der Waals surface area contributed by atoms with Gasteiger partial charge in [-0.3, -0.25) is 4.98 Å². The van der Waals surface area contributed by atoms with Crippen LogP contribution in [-0.2, 0) is 12.8 Å². The van der Waals surface area contributed by atoms with Crippen LogP contribution >= 0.6 is 0 Å². The molecular formula is C18H16N4O2. The van der Waals surface area contributed by atoms with E-state index in [0.29, 0.717) is 0 Å². The zero-order valence-corrected chi connectivity index (χ0v) is 13.2. The van der Waals surface area contributed by atoms with Crippen molar-refractivity contribution in [3.63, 3.8) is 0 Å². The molecule has 120 valence electrons. The summed E-state index contributed by atoms with van der Waals surface area (Å²) in [5.74, 6) is 0.816. The molecule has 0 spiro atoms. The van der Waals surface area contributed by atoms with Crippen LogP contribution in [0.5, 0.6) is 5.75 Å². The number of furan rings is 1. The number of nitrogens with one attached hydrogen (secondary N) is 1. The van der Waals surface area contributed by atoms with Gasteiger partial charge >= 0.3 is 0 Å². The first-order chi connectivity index (χ1) is 11.8. The van der Waals surface area contributed by atoms with E-state index in [0.717, 1.165) is 52.1 Å². The summed E-state index contributed by atoms with van der Waals surface area (Å²) in [7, 11) is 1.66. The summed E-state index contributed by atoms with van der Waals surface area (Å²) in [6.07, 6.45) is 10.3. The van der Waals surface area contributed by atoms with Gasteiger partial charge in [0.25, 0.3) is 0 Å². The van der Waals surface area contributed by atoms with E-state index in [1.807, 2.05) is 24.4 Å². The van der Waals surface area contributed by atoms with Crippen molar-refractivity contribution in [3.8, 4) is 16.9 Å². The molecule has 0 bridgehead atoms. The van der Waals surface area contributed by atoms with E-state index < -0.39 is 0 Å². The molecule has 0 aromatic carbocycles. The largest absolute Gasteiger partial charge is 0.497 e. The second-order valence-corrected chi connectivity index (χ2v) is 5.45. The minimum absolute atomic E-state index is 0.718. The molecule has 0 aliphatic carbocycles. The first-order valence-electron chi connectivity index (χ1n) is 7.67. The summed E-state index contributed by atoms with van der Waals surface area (Å²) in [6, 6.07) is 5.75. The molecular weight excluding hydrogens is 304 g/mol. The van der Waals surface area contributed by atoms with Crippen molar-refractivity contribution in [1.82, 2.24) is 19.9 Å². The maximum Gasteiger partial charge on any atom is 0.177 e. The number of H-pyrrole nitrogens is 1. The molecule has 4 aromatic rings. The van der Waals surface area contributed by atoms with Crippen molar-refractivity contribution in [3.05, 3.63) is 60.7 Å². The zero-order valence-electron chi connectivity index (χ0n) is 13.2. The van der Waals surface area contributed by atoms with Gasteiger partial charge in [-0.2, -0.15) is 0 Å². The Balaban J connectivity index is 1.71. The molecule has 24 heavy (non-hydrogen) atoms. The Hall–Kier alpha value is -3.15. The first-order valence-corrected chi connectivity index (χ1v) is 7.67. The number of imidazole rings is 1. The molecule has 0 radical (unpaired) electrons. The SMILES string of the molecule is COc1ccnc(CCc2c(-c3ccoc3)cnc3nc[nH]c23)c1. The highest BCUT2D eigenvalue weighted by Gasteiger charge is 2.14. The number of rotatable bonds is 5. The Kier molecular flexibility index (Phi) is 3.70. The fourth-order valence-corrected chi connectivity index (χ4v) is 2.84. The third kappa shape index (κ3) is 2.62. The van der Waals surface area contributed by atoms with Crippen LogP contribution in [0.4, 0.5) is 0 Å². The van der Waals surface area contributed by atoms with Gasteiger partial charge in [-0.15, -0.1) is 0 Å². The third-order valence-corrected chi connectivity index (χ3v) is 4.05. The number of ether oxygens (including phenoxy) is 1. The molecule has 0 amide bonds. The van der Waals surface area contributed by atoms with Crippen molar-refractivity contribution in [2.45, 2.75) is 12.8 Å². The van der Waals surface area contributed by atoms with Crippen LogP contribution < -0.4 is 4.74 Å². The van der Waals surface area contributed by atoms with Crippen LogP contribution in [0, 0.1) is 0 Å². The summed E-state index contributed by atoms with van der Waals surface area (Å²) in [5, 5.41) is 0. The fraction of sp³-hybridized carbons (Fsp3) is 0.167. The molecule has 1 N–H and O–H groups in total. The normalized spacial score (nSPS) is 11.0. The number of aromatic amines is 1. The molecule has 0 aliphatic rings. The Morgan fingerprint density at radius 1 is 1.17 bits per heavy atom. The van der Waals surface area contributed by atoms with Crippen molar-refractivity contribution in [1.29, 1.82) is 0 Å². The summed E-state index contributed by atoms with van der Waals surface area (Å²) < 4.78 is 10.5. The minimum atomic E-state index is 0.718. The van der Waals surface area contributed by atoms with E-state index in [1.54, 1.807) is 32.2 Å². The topological polar surface area (TPSA) is 76.8 Å². The maximum absolute atomic E-state index is 5.27. The van der Waals surface area contributed by atoms with Crippen LogP contribution in [0.1, 0.15) is 11.3 Å². The van der Waals surface area contributed by atoms with Gasteiger partial charge in [0.2, 0.25) is 0 Å². The number of hydrogen-bond donors (Lipinski definition) is 1. The zero-order chi connectivity index (χ0) is 16.4. The molecule has 4 aromatic heterocycles. The van der Waals surface area contributed by atoms with Gasteiger partial charge < -0.3 is 14.1 Å². The van der Waals surface area contributed by atoms with Gasteiger partial charge in [0.1, 0.15) is 5.75 Å². The maximum atomic E-state index is 5.27. The Bertz CT molecular complexity index is 960. The summed E-state index contributed by atoms with van der Waals surface area (Å²) >= 11 is 0. The highest BCUT2D eigenvalue weighted by atomic mass is 16.5. The molecule has 6 nitrogen and oxygen atoms in total. The Morgan fingerprint density at radius 3 is 2.96 bits per heavy atom. The summed E-state index contributed by atoms with van der Waals surface area (Å²) in [6.45, 7) is 0. The van der Waals surface area contributed by atoms with Crippen LogP contribution in [0.25, 0.3) is 22.3 Å². The standard InChI is InChI=1S/C18H16N4O2/c1-23-14-4-6-19-13(8-14)2-3-15-16(12-5-7-24-10-12)9-20-18-17(15)21-11-22-18/h4-11H,2-3H2,1H3,(H,20,21,22). The average molecular weight is 320 g/mol. The number of nitrogens with zero attached hydrogens (tertiary/aromatic N) is 3. The lowest BCUT2D eigenvalue weighted by Crippen LogP contribution is -1.99. The van der Waals surface area contributed by atoms with Gasteiger partial charge in [0.05, 0.1) is 31.5 Å². The van der Waals surface area contributed by atoms with Crippen LogP contribution in [0.15, 0.2) is 53.9 Å². The Morgan fingerprint density at radius 2 is 2.12 bits per heavy atom. The number of pyridine rings is 2. The van der Waals surface area contributed by atoms with Crippen molar-refractivity contribution in [2.75, 3.05) is 7.11 Å². The van der Waals surface area contributed by atoms with Crippen molar-refractivity contribution in [2.24, 2.45) is 0 Å². The monoisotopic (exact) mass is 320 g/mol. The van der Waals surface area contributed by atoms with E-state index in [2.05, 4.69) is 19.9 Å². The lowest BCUT2D eigenvalue weighted by atomic mass is 9.99. The predicted octanol–water partition coefficient (Wildman–Crippen LogP) is 3.41. The summed E-state index contributed by atoms with van der Waals surface area (Å²) in [4.78, 5) is 16.3. The predicted molar refractivity (Wildman–Crippen MR) is 89.8 cm³/mol. The van der Waals surface area contributed by atoms with E-state index in [4.69, 9.17) is 9.15 Å². The molecule has 4 heterocycles. The average Bonchev–Trinajstić information content (AvgIpc) is 3.31. The van der Waals surface area contributed by atoms with E-state index in [-0.39, 0.29) is 0 Å². The minimum Gasteiger partial charge on any atom is -0.497 e. The quantitative estimate of drug-likeness (QED) is 0.610. The number of aromatic nitrogens is 4. The molecule has 0 unspecified atom stereocenters. The summed E-state index contributed by atoms with van der Waals surface area (Å²) in [5.41, 5.74) is 5.86. The highest BCUT2D eigenvalue weighted by Crippen LogP contribution is 2.29. The molecule has 0 atom stereocenters. The third-order valence-electron chi connectivity index (χ3n) is 4.05. The van der Waals surface area contributed by atoms with E-state index in [9.17, 15) is 0 Å². The molecule has 0 saturated carbocycles. The molecule has 6 heteroatoms. The smallest absolute Gasteiger partial charge is 0.177 e. The molecule has 0 saturated heterocycles.